The van der Waals surface area contributed by atoms with Crippen molar-refractivity contribution in [3.63, 3.8) is 0 Å². The predicted octanol–water partition coefficient (Wildman–Crippen LogP) is 5.45. The molecule has 2 N–H and O–H groups in total. The molecule has 27 heavy (non-hydrogen) atoms. The summed E-state index contributed by atoms with van der Waals surface area (Å²) in [5.41, 5.74) is 0.347. The third-order valence-electron chi connectivity index (χ3n) is 4.60. The van der Waals surface area contributed by atoms with Crippen molar-refractivity contribution in [1.29, 1.82) is 0 Å². The molecule has 4 nitrogen and oxygen atoms in total. The Kier molecular flexibility index (Phi) is 6.34. The molecule has 0 unspecified atom stereocenters. The molecule has 142 valence electrons. The monoisotopic (exact) mass is 408 g/mol. The molecule has 3 rings (SSSR count). The average molecular weight is 409 g/mol. The van der Waals surface area contributed by atoms with E-state index in [0.717, 1.165) is 31.7 Å². The van der Waals surface area contributed by atoms with E-state index in [-0.39, 0.29) is 33.1 Å². The van der Waals surface area contributed by atoms with Gasteiger partial charge in [-0.15, -0.1) is 0 Å². The van der Waals surface area contributed by atoms with Gasteiger partial charge in [0.1, 0.15) is 5.82 Å². The summed E-state index contributed by atoms with van der Waals surface area (Å²) in [6.45, 7) is 0. The molecule has 0 aliphatic heterocycles. The summed E-state index contributed by atoms with van der Waals surface area (Å²) < 4.78 is 13.9. The number of carbonyl (C=O) groups is 2. The van der Waals surface area contributed by atoms with Gasteiger partial charge in [-0.05, 0) is 43.2 Å². The maximum atomic E-state index is 13.9. The molecule has 7 heteroatoms. The minimum atomic E-state index is -0.718. The van der Waals surface area contributed by atoms with Gasteiger partial charge < -0.3 is 10.6 Å². The zero-order chi connectivity index (χ0) is 19.4. The Morgan fingerprint density at radius 1 is 0.963 bits per heavy atom. The highest BCUT2D eigenvalue weighted by atomic mass is 35.5. The van der Waals surface area contributed by atoms with Crippen LogP contribution in [0.3, 0.4) is 0 Å². The fourth-order valence-corrected chi connectivity index (χ4v) is 3.65. The molecule has 0 saturated heterocycles. The molecule has 2 amide bonds. The van der Waals surface area contributed by atoms with Crippen LogP contribution in [0.5, 0.6) is 0 Å². The van der Waals surface area contributed by atoms with Crippen LogP contribution in [-0.2, 0) is 0 Å². The Balaban J connectivity index is 1.76. The molecule has 0 bridgehead atoms. The Bertz CT molecular complexity index is 847. The third-order valence-corrected chi connectivity index (χ3v) is 5.24. The number of carbonyl (C=O) groups excluding carboxylic acids is 2. The number of rotatable bonds is 4. The number of amides is 2. The highest BCUT2D eigenvalue weighted by molar-refractivity contribution is 6.35. The minimum absolute atomic E-state index is 0.0109. The summed E-state index contributed by atoms with van der Waals surface area (Å²) >= 11 is 12.1. The summed E-state index contributed by atoms with van der Waals surface area (Å²) in [7, 11) is 0. The molecule has 1 aliphatic carbocycles. The zero-order valence-corrected chi connectivity index (χ0v) is 16.0. The maximum Gasteiger partial charge on any atom is 0.260 e. The number of halogens is 3. The number of benzene rings is 2. The second-order valence-electron chi connectivity index (χ2n) is 6.55. The van der Waals surface area contributed by atoms with Crippen molar-refractivity contribution in [2.24, 2.45) is 0 Å². The van der Waals surface area contributed by atoms with Crippen LogP contribution >= 0.6 is 23.2 Å². The lowest BCUT2D eigenvalue weighted by molar-refractivity contribution is 0.0926. The van der Waals surface area contributed by atoms with Crippen molar-refractivity contribution < 1.29 is 14.0 Å². The van der Waals surface area contributed by atoms with E-state index >= 15 is 0 Å². The quantitative estimate of drug-likeness (QED) is 0.706. The number of nitrogens with one attached hydrogen (secondary N) is 2. The van der Waals surface area contributed by atoms with Gasteiger partial charge in [0.05, 0.1) is 21.2 Å². The van der Waals surface area contributed by atoms with Crippen molar-refractivity contribution in [2.45, 2.75) is 38.1 Å². The van der Waals surface area contributed by atoms with Crippen molar-refractivity contribution in [3.05, 3.63) is 63.4 Å². The smallest absolute Gasteiger partial charge is 0.260 e. The summed E-state index contributed by atoms with van der Waals surface area (Å²) in [6, 6.07) is 8.70. The Labute approximate surface area is 167 Å². The summed E-state index contributed by atoms with van der Waals surface area (Å²) in [5.74, 6) is -1.70. The first-order valence-electron chi connectivity index (χ1n) is 8.81. The molecular formula is C20H19Cl2FN2O2. The maximum absolute atomic E-state index is 13.9. The van der Waals surface area contributed by atoms with Gasteiger partial charge in [-0.3, -0.25) is 9.59 Å². The number of hydrogen-bond acceptors (Lipinski definition) is 2. The first-order chi connectivity index (χ1) is 13.0. The van der Waals surface area contributed by atoms with Gasteiger partial charge in [0.2, 0.25) is 0 Å². The molecule has 0 atom stereocenters. The minimum Gasteiger partial charge on any atom is -0.349 e. The van der Waals surface area contributed by atoms with Gasteiger partial charge in [0.25, 0.3) is 11.8 Å². The van der Waals surface area contributed by atoms with Crippen LogP contribution in [0.2, 0.25) is 10.0 Å². The van der Waals surface area contributed by atoms with E-state index in [0.29, 0.717) is 5.69 Å². The predicted molar refractivity (Wildman–Crippen MR) is 105 cm³/mol. The normalized spacial score (nSPS) is 14.6. The van der Waals surface area contributed by atoms with Gasteiger partial charge in [-0.2, -0.15) is 0 Å². The van der Waals surface area contributed by atoms with Crippen molar-refractivity contribution >= 4 is 40.7 Å². The molecule has 2 aromatic carbocycles. The van der Waals surface area contributed by atoms with Crippen molar-refractivity contribution in [3.8, 4) is 0 Å². The lowest BCUT2D eigenvalue weighted by atomic mass is 9.95. The second-order valence-corrected chi connectivity index (χ2v) is 7.37. The zero-order valence-electron chi connectivity index (χ0n) is 14.5. The van der Waals surface area contributed by atoms with Crippen molar-refractivity contribution in [1.82, 2.24) is 5.32 Å². The summed E-state index contributed by atoms with van der Waals surface area (Å²) in [4.78, 5) is 24.9. The van der Waals surface area contributed by atoms with Gasteiger partial charge in [-0.1, -0.05) is 48.5 Å². The van der Waals surface area contributed by atoms with Crippen molar-refractivity contribution in [2.75, 3.05) is 5.32 Å². The van der Waals surface area contributed by atoms with Crippen LogP contribution in [0.15, 0.2) is 36.4 Å². The molecule has 0 radical (unpaired) electrons. The molecular weight excluding hydrogens is 390 g/mol. The fourth-order valence-electron chi connectivity index (χ4n) is 3.20. The van der Waals surface area contributed by atoms with E-state index in [1.165, 1.54) is 30.7 Å². The van der Waals surface area contributed by atoms with Gasteiger partial charge in [0.15, 0.2) is 0 Å². The van der Waals surface area contributed by atoms with E-state index in [4.69, 9.17) is 23.2 Å². The second kappa shape index (κ2) is 8.72. The molecule has 1 aliphatic rings. The van der Waals surface area contributed by atoms with Gasteiger partial charge in [0, 0.05) is 11.7 Å². The van der Waals surface area contributed by atoms with E-state index < -0.39 is 11.7 Å². The van der Waals surface area contributed by atoms with E-state index in [1.807, 2.05) is 0 Å². The Morgan fingerprint density at radius 2 is 1.70 bits per heavy atom. The van der Waals surface area contributed by atoms with Crippen LogP contribution in [0.25, 0.3) is 0 Å². The first kappa shape index (κ1) is 19.6. The molecule has 0 aromatic heterocycles. The van der Waals surface area contributed by atoms with E-state index in [1.54, 1.807) is 6.07 Å². The molecule has 1 fully saturated rings. The lowest BCUT2D eigenvalue weighted by Gasteiger charge is -2.23. The summed E-state index contributed by atoms with van der Waals surface area (Å²) in [5, 5.41) is 5.85. The third kappa shape index (κ3) is 4.79. The van der Waals surface area contributed by atoms with Crippen LogP contribution < -0.4 is 10.6 Å². The fraction of sp³-hybridized carbons (Fsp3) is 0.300. The first-order valence-corrected chi connectivity index (χ1v) is 9.57. The molecule has 0 heterocycles. The molecule has 2 aromatic rings. The standard InChI is InChI=1S/C20H19Cl2FN2O2/c21-15-10-9-13(25-20(27)18-16(22)7-4-8-17(18)23)11-14(15)19(26)24-12-5-2-1-3-6-12/h4,7-12H,1-3,5-6H2,(H,24,26)(H,25,27). The topological polar surface area (TPSA) is 58.2 Å². The van der Waals surface area contributed by atoms with Crippen LogP contribution in [0.1, 0.15) is 52.8 Å². The molecule has 0 spiro atoms. The molecule has 1 saturated carbocycles. The Hall–Kier alpha value is -2.11. The average Bonchev–Trinajstić information content (AvgIpc) is 2.64. The summed E-state index contributed by atoms with van der Waals surface area (Å²) in [6.07, 6.45) is 5.28. The van der Waals surface area contributed by atoms with Gasteiger partial charge in [-0.25, -0.2) is 4.39 Å². The van der Waals surface area contributed by atoms with Crippen LogP contribution in [0, 0.1) is 5.82 Å². The van der Waals surface area contributed by atoms with E-state index in [9.17, 15) is 14.0 Å². The van der Waals surface area contributed by atoms with E-state index in [2.05, 4.69) is 10.6 Å². The number of anilines is 1. The Morgan fingerprint density at radius 3 is 2.41 bits per heavy atom. The highest BCUT2D eigenvalue weighted by Gasteiger charge is 2.20. The largest absolute Gasteiger partial charge is 0.349 e. The lowest BCUT2D eigenvalue weighted by Crippen LogP contribution is -2.36. The van der Waals surface area contributed by atoms with Gasteiger partial charge >= 0.3 is 0 Å². The number of hydrogen-bond donors (Lipinski definition) is 2. The SMILES string of the molecule is O=C(NC1CCCCC1)c1cc(NC(=O)c2c(F)cccc2Cl)ccc1Cl. The van der Waals surface area contributed by atoms with Crippen LogP contribution in [0.4, 0.5) is 10.1 Å². The van der Waals surface area contributed by atoms with Crippen LogP contribution in [-0.4, -0.2) is 17.9 Å². The highest BCUT2D eigenvalue weighted by Crippen LogP contribution is 2.25.